The Morgan fingerprint density at radius 3 is 2.32 bits per heavy atom. The van der Waals surface area contributed by atoms with E-state index in [1.165, 1.54) is 24.3 Å². The first-order chi connectivity index (χ1) is 12.7. The van der Waals surface area contributed by atoms with Crippen LogP contribution >= 0.6 is 11.6 Å². The maximum Gasteiger partial charge on any atom is 0.389 e. The number of ether oxygens (including phenoxy) is 1. The zero-order chi connectivity index (χ0) is 21.3. The van der Waals surface area contributed by atoms with Crippen LogP contribution in [0.1, 0.15) is 33.1 Å². The number of nitrogens with two attached hydrogens (primary N) is 1. The van der Waals surface area contributed by atoms with Crippen LogP contribution < -0.4 is 5.73 Å². The Hall–Kier alpha value is -1.36. The molecule has 0 unspecified atom stereocenters. The monoisotopic (exact) mass is 442 g/mol. The summed E-state index contributed by atoms with van der Waals surface area (Å²) in [5.41, 5.74) is 4.82. The molecule has 1 aromatic carbocycles. The largest absolute Gasteiger partial charge is 0.389 e. The van der Waals surface area contributed by atoms with Gasteiger partial charge in [0, 0.05) is 24.4 Å². The molecule has 6 nitrogen and oxygen atoms in total. The Kier molecular flexibility index (Phi) is 6.69. The summed E-state index contributed by atoms with van der Waals surface area (Å²) in [6.45, 7) is 3.33. The van der Waals surface area contributed by atoms with Gasteiger partial charge in [-0.3, -0.25) is 4.79 Å². The molecule has 0 spiro atoms. The van der Waals surface area contributed by atoms with E-state index in [0.29, 0.717) is 10.7 Å². The van der Waals surface area contributed by atoms with E-state index in [2.05, 4.69) is 0 Å². The fourth-order valence-electron chi connectivity index (χ4n) is 3.16. The van der Waals surface area contributed by atoms with Crippen LogP contribution in [0.5, 0.6) is 0 Å². The third-order valence-corrected chi connectivity index (χ3v) is 6.53. The van der Waals surface area contributed by atoms with E-state index in [1.807, 2.05) is 0 Å². The number of benzene rings is 1. The first-order valence-electron chi connectivity index (χ1n) is 8.52. The third kappa shape index (κ3) is 5.82. The molecule has 0 bridgehead atoms. The molecule has 1 aliphatic rings. The highest BCUT2D eigenvalue weighted by Crippen LogP contribution is 2.34. The number of nitrogens with zero attached hydrogens (tertiary/aromatic N) is 1. The number of carbonyl (C=O) groups is 1. The van der Waals surface area contributed by atoms with Crippen molar-refractivity contribution >= 4 is 27.5 Å². The summed E-state index contributed by atoms with van der Waals surface area (Å²) in [5, 5.41) is 0.290. The number of carbonyl (C=O) groups excluding carboxylic acids is 1. The minimum Gasteiger partial charge on any atom is -0.371 e. The molecule has 1 heterocycles. The molecule has 2 N–H and O–H groups in total. The number of hydrogen-bond donors (Lipinski definition) is 1. The predicted molar refractivity (Wildman–Crippen MR) is 97.2 cm³/mol. The van der Waals surface area contributed by atoms with Crippen molar-refractivity contribution in [2.75, 3.05) is 6.54 Å². The highest BCUT2D eigenvalue weighted by Gasteiger charge is 2.44. The first-order valence-corrected chi connectivity index (χ1v) is 10.3. The maximum atomic E-state index is 13.1. The number of rotatable bonds is 8. The third-order valence-electron chi connectivity index (χ3n) is 4.39. The number of alkyl halides is 3. The molecule has 1 saturated heterocycles. The lowest BCUT2D eigenvalue weighted by Gasteiger charge is -2.45. The second-order valence-electron chi connectivity index (χ2n) is 7.30. The van der Waals surface area contributed by atoms with Crippen LogP contribution in [0, 0.1) is 0 Å². The molecule has 2 rings (SSSR count). The zero-order valence-electron chi connectivity index (χ0n) is 15.4. The van der Waals surface area contributed by atoms with Gasteiger partial charge >= 0.3 is 6.18 Å². The second kappa shape index (κ2) is 8.17. The summed E-state index contributed by atoms with van der Waals surface area (Å²) in [5.74, 6) is -1.15. The van der Waals surface area contributed by atoms with Crippen molar-refractivity contribution < 1.29 is 31.1 Å². The van der Waals surface area contributed by atoms with E-state index >= 15 is 0 Å². The highest BCUT2D eigenvalue weighted by molar-refractivity contribution is 7.89. The topological polar surface area (TPSA) is 89.7 Å². The molecule has 0 aromatic heterocycles. The maximum absolute atomic E-state index is 13.1. The van der Waals surface area contributed by atoms with Crippen molar-refractivity contribution in [3.8, 4) is 0 Å². The van der Waals surface area contributed by atoms with E-state index < -0.39 is 52.7 Å². The number of primary amides is 1. The molecule has 28 heavy (non-hydrogen) atoms. The van der Waals surface area contributed by atoms with Gasteiger partial charge in [0.2, 0.25) is 15.9 Å². The van der Waals surface area contributed by atoms with Crippen LogP contribution in [0.25, 0.3) is 0 Å². The average Bonchev–Trinajstić information content (AvgIpc) is 2.51. The Morgan fingerprint density at radius 2 is 1.89 bits per heavy atom. The second-order valence-corrected chi connectivity index (χ2v) is 9.63. The highest BCUT2D eigenvalue weighted by atomic mass is 35.5. The van der Waals surface area contributed by atoms with Crippen molar-refractivity contribution in [3.63, 3.8) is 0 Å². The molecule has 0 aliphatic carbocycles. The van der Waals surface area contributed by atoms with Gasteiger partial charge in [-0.1, -0.05) is 11.6 Å². The molecule has 11 heteroatoms. The molecule has 1 aromatic rings. The van der Waals surface area contributed by atoms with Crippen LogP contribution in [0.15, 0.2) is 29.2 Å². The molecule has 2 atom stereocenters. The summed E-state index contributed by atoms with van der Waals surface area (Å²) in [4.78, 5) is 11.7. The molecular formula is C17H22ClF3N2O4S. The van der Waals surface area contributed by atoms with Gasteiger partial charge in [0.15, 0.2) is 0 Å². The van der Waals surface area contributed by atoms with Crippen LogP contribution in [-0.4, -0.2) is 49.1 Å². The van der Waals surface area contributed by atoms with Gasteiger partial charge in [0.05, 0.1) is 16.6 Å². The van der Waals surface area contributed by atoms with E-state index in [1.54, 1.807) is 13.8 Å². The number of hydrogen-bond acceptors (Lipinski definition) is 4. The Balaban J connectivity index is 2.36. The van der Waals surface area contributed by atoms with Crippen molar-refractivity contribution in [3.05, 3.63) is 29.3 Å². The van der Waals surface area contributed by atoms with Crippen LogP contribution in [0.4, 0.5) is 13.2 Å². The van der Waals surface area contributed by atoms with E-state index in [0.717, 1.165) is 0 Å². The van der Waals surface area contributed by atoms with Crippen LogP contribution in [0.2, 0.25) is 5.02 Å². The minimum atomic E-state index is -4.56. The van der Waals surface area contributed by atoms with Gasteiger partial charge in [0.1, 0.15) is 6.04 Å². The van der Waals surface area contributed by atoms with E-state index in [9.17, 15) is 26.4 Å². The Morgan fingerprint density at radius 1 is 1.36 bits per heavy atom. The summed E-state index contributed by atoms with van der Waals surface area (Å²) in [7, 11) is -4.31. The molecule has 0 radical (unpaired) electrons. The van der Waals surface area contributed by atoms with Crippen molar-refractivity contribution in [2.24, 2.45) is 5.73 Å². The smallest absolute Gasteiger partial charge is 0.371 e. The molecular weight excluding hydrogens is 421 g/mol. The van der Waals surface area contributed by atoms with E-state index in [-0.39, 0.29) is 16.5 Å². The lowest BCUT2D eigenvalue weighted by Crippen LogP contribution is -2.56. The van der Waals surface area contributed by atoms with Crippen LogP contribution in [-0.2, 0) is 19.6 Å². The normalized spacial score (nSPS) is 20.6. The predicted octanol–water partition coefficient (Wildman–Crippen LogP) is 3.09. The fraction of sp³-hybridized carbons (Fsp3) is 0.588. The molecule has 1 fully saturated rings. The Bertz CT molecular complexity index is 805. The average molecular weight is 443 g/mol. The molecule has 0 saturated carbocycles. The minimum absolute atomic E-state index is 0.200. The zero-order valence-corrected chi connectivity index (χ0v) is 16.9. The lowest BCUT2D eigenvalue weighted by atomic mass is 9.93. The SMILES string of the molecule is CC1(C)C[C@@H](CN([C@@H](CCC(F)(F)F)C(N)=O)S(=O)(=O)c2ccc(Cl)cc2)O1. The standard InChI is InChI=1S/C17H22ClF3N2O4S/c1-16(2)9-12(27-16)10-23(14(15(22)24)7-8-17(19,20)21)28(25,26)13-5-3-11(18)4-6-13/h3-6,12,14H,7-10H2,1-2H3,(H2,22,24)/t12-,14-/m0/s1. The fourth-order valence-corrected chi connectivity index (χ4v) is 4.94. The van der Waals surface area contributed by atoms with E-state index in [4.69, 9.17) is 22.1 Å². The summed E-state index contributed by atoms with van der Waals surface area (Å²) in [6.07, 6.45) is -6.74. The van der Waals surface area contributed by atoms with Crippen molar-refractivity contribution in [1.82, 2.24) is 4.31 Å². The first kappa shape index (κ1) is 22.9. The molecule has 1 aliphatic heterocycles. The number of halogens is 4. The summed E-state index contributed by atoms with van der Waals surface area (Å²) >= 11 is 5.77. The van der Waals surface area contributed by atoms with Crippen molar-refractivity contribution in [2.45, 2.75) is 61.9 Å². The quantitative estimate of drug-likeness (QED) is 0.669. The van der Waals surface area contributed by atoms with Gasteiger partial charge in [-0.25, -0.2) is 8.42 Å². The molecule has 158 valence electrons. The summed E-state index contributed by atoms with van der Waals surface area (Å²) < 4.78 is 70.5. The summed E-state index contributed by atoms with van der Waals surface area (Å²) in [6, 6.07) is 3.46. The lowest BCUT2D eigenvalue weighted by molar-refractivity contribution is -0.188. The van der Waals surface area contributed by atoms with Gasteiger partial charge in [-0.15, -0.1) is 0 Å². The van der Waals surface area contributed by atoms with Gasteiger partial charge in [-0.05, 0) is 44.5 Å². The van der Waals surface area contributed by atoms with Gasteiger partial charge in [-0.2, -0.15) is 17.5 Å². The molecule has 1 amide bonds. The number of sulfonamides is 1. The number of amides is 1. The van der Waals surface area contributed by atoms with Gasteiger partial charge < -0.3 is 10.5 Å². The Labute approximate surface area is 166 Å². The van der Waals surface area contributed by atoms with Crippen LogP contribution in [0.3, 0.4) is 0 Å². The van der Waals surface area contributed by atoms with Gasteiger partial charge in [0.25, 0.3) is 0 Å². The van der Waals surface area contributed by atoms with Crippen molar-refractivity contribution in [1.29, 1.82) is 0 Å².